The molecule has 0 aliphatic rings. The number of halogens is 2. The first kappa shape index (κ1) is 15.4. The third-order valence-corrected chi connectivity index (χ3v) is 4.59. The molecule has 4 aromatic rings. The van der Waals surface area contributed by atoms with Crippen LogP contribution in [0.4, 0.5) is 13.9 Å². The first-order valence-electron chi connectivity index (χ1n) is 7.20. The summed E-state index contributed by atoms with van der Waals surface area (Å²) in [7, 11) is 0. The summed E-state index contributed by atoms with van der Waals surface area (Å²) in [5.74, 6) is -1.64. The van der Waals surface area contributed by atoms with Gasteiger partial charge in [0.25, 0.3) is 5.91 Å². The number of aromatic nitrogens is 2. The largest absolute Gasteiger partial charge is 0.360 e. The van der Waals surface area contributed by atoms with Crippen LogP contribution in [0.3, 0.4) is 0 Å². The number of nitrogens with zero attached hydrogens (tertiary/aromatic N) is 1. The molecule has 0 radical (unpaired) electrons. The van der Waals surface area contributed by atoms with Crippen molar-refractivity contribution in [1.29, 1.82) is 0 Å². The Bertz CT molecular complexity index is 1200. The number of rotatable bonds is 2. The lowest BCUT2D eigenvalue weighted by Gasteiger charge is -2.03. The van der Waals surface area contributed by atoms with Gasteiger partial charge in [0.05, 0.1) is 10.2 Å². The Morgan fingerprint density at radius 1 is 1.12 bits per heavy atom. The monoisotopic (exact) mass is 357 g/mol. The molecule has 5 nitrogen and oxygen atoms in total. The van der Waals surface area contributed by atoms with Crippen LogP contribution < -0.4 is 10.7 Å². The molecule has 0 aliphatic heterocycles. The zero-order valence-corrected chi connectivity index (χ0v) is 13.3. The Morgan fingerprint density at radius 3 is 2.72 bits per heavy atom. The third kappa shape index (κ3) is 2.76. The molecule has 0 saturated heterocycles. The number of H-pyrrole nitrogens is 1. The number of benzene rings is 2. The van der Waals surface area contributed by atoms with E-state index in [-0.39, 0.29) is 16.1 Å². The predicted molar refractivity (Wildman–Crippen MR) is 92.1 cm³/mol. The topological polar surface area (TPSA) is 74.8 Å². The van der Waals surface area contributed by atoms with Crippen LogP contribution in [-0.2, 0) is 0 Å². The fourth-order valence-corrected chi connectivity index (χ4v) is 3.36. The Hall–Kier alpha value is -3.13. The smallest absolute Gasteiger partial charge is 0.262 e. The fourth-order valence-electron chi connectivity index (χ4n) is 2.48. The van der Waals surface area contributed by atoms with Crippen molar-refractivity contribution >= 4 is 43.5 Å². The van der Waals surface area contributed by atoms with Crippen LogP contribution in [0, 0.1) is 11.6 Å². The maximum Gasteiger partial charge on any atom is 0.262 e. The molecule has 0 aliphatic carbocycles. The van der Waals surface area contributed by atoms with E-state index in [2.05, 4.69) is 15.3 Å². The lowest BCUT2D eigenvalue weighted by molar-refractivity contribution is 0.102. The van der Waals surface area contributed by atoms with Crippen molar-refractivity contribution in [3.05, 3.63) is 70.0 Å². The van der Waals surface area contributed by atoms with Crippen LogP contribution in [0.5, 0.6) is 0 Å². The number of amides is 1. The molecule has 2 aromatic carbocycles. The quantitative estimate of drug-likeness (QED) is 0.575. The third-order valence-electron chi connectivity index (χ3n) is 3.66. The molecule has 0 unspecified atom stereocenters. The van der Waals surface area contributed by atoms with Gasteiger partial charge in [-0.15, -0.1) is 0 Å². The number of aromatic amines is 1. The molecule has 124 valence electrons. The highest BCUT2D eigenvalue weighted by molar-refractivity contribution is 7.22. The summed E-state index contributed by atoms with van der Waals surface area (Å²) in [6.07, 6.45) is 1.27. The molecule has 2 aromatic heterocycles. The summed E-state index contributed by atoms with van der Waals surface area (Å²) in [5, 5.41) is 2.84. The molecule has 25 heavy (non-hydrogen) atoms. The van der Waals surface area contributed by atoms with Crippen LogP contribution in [0.2, 0.25) is 0 Å². The number of carbonyl (C=O) groups is 1. The Labute approximate surface area is 143 Å². The molecular weight excluding hydrogens is 348 g/mol. The Balaban J connectivity index is 1.71. The second kappa shape index (κ2) is 5.75. The summed E-state index contributed by atoms with van der Waals surface area (Å²) >= 11 is 1.09. The van der Waals surface area contributed by atoms with Gasteiger partial charge in [-0.25, -0.2) is 13.8 Å². The zero-order valence-electron chi connectivity index (χ0n) is 12.5. The lowest BCUT2D eigenvalue weighted by Crippen LogP contribution is -2.21. The van der Waals surface area contributed by atoms with E-state index >= 15 is 0 Å². The van der Waals surface area contributed by atoms with Gasteiger partial charge in [0.2, 0.25) is 5.43 Å². The van der Waals surface area contributed by atoms with Gasteiger partial charge in [0, 0.05) is 17.1 Å². The molecular formula is C17H9F2N3O2S. The number of carbonyl (C=O) groups excluding carboxylic acids is 1. The summed E-state index contributed by atoms with van der Waals surface area (Å²) in [5.41, 5.74) is 0.219. The van der Waals surface area contributed by atoms with Crippen molar-refractivity contribution in [2.75, 3.05) is 5.32 Å². The van der Waals surface area contributed by atoms with Gasteiger partial charge in [-0.3, -0.25) is 14.9 Å². The standard InChI is InChI=1S/C17H9F2N3O2S/c18-8-1-3-12-10(5-8)15(23)11(7-20-12)16(24)22-17-21-13-4-2-9(19)6-14(13)25-17/h1-7H,(H,20,23)(H,21,22,24). The van der Waals surface area contributed by atoms with E-state index in [1.54, 1.807) is 0 Å². The van der Waals surface area contributed by atoms with E-state index < -0.39 is 23.0 Å². The summed E-state index contributed by atoms with van der Waals surface area (Å²) in [6, 6.07) is 7.81. The molecule has 0 saturated carbocycles. The van der Waals surface area contributed by atoms with E-state index in [0.29, 0.717) is 15.7 Å². The van der Waals surface area contributed by atoms with Gasteiger partial charge >= 0.3 is 0 Å². The molecule has 1 amide bonds. The zero-order chi connectivity index (χ0) is 17.6. The minimum atomic E-state index is -0.674. The van der Waals surface area contributed by atoms with Gasteiger partial charge in [0.15, 0.2) is 5.13 Å². The number of hydrogen-bond acceptors (Lipinski definition) is 4. The number of hydrogen-bond donors (Lipinski definition) is 2. The predicted octanol–water partition coefficient (Wildman–Crippen LogP) is 3.67. The van der Waals surface area contributed by atoms with Gasteiger partial charge in [-0.05, 0) is 36.4 Å². The first-order valence-corrected chi connectivity index (χ1v) is 8.01. The second-order valence-electron chi connectivity index (χ2n) is 5.31. The number of nitrogens with one attached hydrogen (secondary N) is 2. The van der Waals surface area contributed by atoms with Crippen molar-refractivity contribution in [2.24, 2.45) is 0 Å². The highest BCUT2D eigenvalue weighted by Crippen LogP contribution is 2.26. The normalized spacial score (nSPS) is 11.1. The molecule has 0 atom stereocenters. The van der Waals surface area contributed by atoms with E-state index in [0.717, 1.165) is 17.4 Å². The van der Waals surface area contributed by atoms with Crippen LogP contribution in [-0.4, -0.2) is 15.9 Å². The summed E-state index contributed by atoms with van der Waals surface area (Å²) in [6.45, 7) is 0. The van der Waals surface area contributed by atoms with Crippen LogP contribution >= 0.6 is 11.3 Å². The fraction of sp³-hybridized carbons (Fsp3) is 0. The van der Waals surface area contributed by atoms with Gasteiger partial charge in [-0.1, -0.05) is 11.3 Å². The highest BCUT2D eigenvalue weighted by atomic mass is 32.1. The maximum absolute atomic E-state index is 13.4. The van der Waals surface area contributed by atoms with Crippen molar-refractivity contribution in [2.45, 2.75) is 0 Å². The van der Waals surface area contributed by atoms with Crippen molar-refractivity contribution in [3.63, 3.8) is 0 Å². The SMILES string of the molecule is O=C(Nc1nc2ccc(F)cc2s1)c1c[nH]c2ccc(F)cc2c1=O. The molecule has 0 spiro atoms. The minimum absolute atomic E-state index is 0.0824. The van der Waals surface area contributed by atoms with E-state index in [9.17, 15) is 18.4 Å². The van der Waals surface area contributed by atoms with E-state index in [4.69, 9.17) is 0 Å². The van der Waals surface area contributed by atoms with Crippen molar-refractivity contribution < 1.29 is 13.6 Å². The van der Waals surface area contributed by atoms with Crippen LogP contribution in [0.25, 0.3) is 21.1 Å². The van der Waals surface area contributed by atoms with Crippen LogP contribution in [0.1, 0.15) is 10.4 Å². The van der Waals surface area contributed by atoms with Crippen molar-refractivity contribution in [3.8, 4) is 0 Å². The molecule has 2 heterocycles. The summed E-state index contributed by atoms with van der Waals surface area (Å²) < 4.78 is 27.2. The van der Waals surface area contributed by atoms with E-state index in [1.165, 1.54) is 36.5 Å². The molecule has 2 N–H and O–H groups in total. The Kier molecular flexibility index (Phi) is 3.54. The van der Waals surface area contributed by atoms with E-state index in [1.807, 2.05) is 0 Å². The molecule has 4 rings (SSSR count). The molecule has 8 heteroatoms. The Morgan fingerprint density at radius 2 is 1.88 bits per heavy atom. The number of fused-ring (bicyclic) bond motifs is 2. The average molecular weight is 357 g/mol. The highest BCUT2D eigenvalue weighted by Gasteiger charge is 2.15. The number of thiazole rings is 1. The number of pyridine rings is 1. The maximum atomic E-state index is 13.4. The van der Waals surface area contributed by atoms with Gasteiger partial charge < -0.3 is 4.98 Å². The van der Waals surface area contributed by atoms with Gasteiger partial charge in [-0.2, -0.15) is 0 Å². The first-order chi connectivity index (χ1) is 12.0. The molecule has 0 bridgehead atoms. The average Bonchev–Trinajstić information content (AvgIpc) is 2.96. The second-order valence-corrected chi connectivity index (χ2v) is 6.34. The number of anilines is 1. The summed E-state index contributed by atoms with van der Waals surface area (Å²) in [4.78, 5) is 31.8. The molecule has 0 fully saturated rings. The van der Waals surface area contributed by atoms with Crippen molar-refractivity contribution in [1.82, 2.24) is 9.97 Å². The lowest BCUT2D eigenvalue weighted by atomic mass is 10.1. The van der Waals surface area contributed by atoms with Crippen LogP contribution in [0.15, 0.2) is 47.4 Å². The minimum Gasteiger partial charge on any atom is -0.360 e. The van der Waals surface area contributed by atoms with Gasteiger partial charge in [0.1, 0.15) is 17.2 Å².